The van der Waals surface area contributed by atoms with E-state index in [1.807, 2.05) is 50.2 Å². The number of rotatable bonds is 7. The lowest BCUT2D eigenvalue weighted by molar-refractivity contribution is 0.340. The lowest BCUT2D eigenvalue weighted by atomic mass is 10.2. The summed E-state index contributed by atoms with van der Waals surface area (Å²) in [5, 5.41) is 0. The Kier molecular flexibility index (Phi) is 5.63. The number of nitrogens with zero attached hydrogens (tertiary/aromatic N) is 1. The van der Waals surface area contributed by atoms with E-state index in [1.165, 1.54) is 0 Å². The average Bonchev–Trinajstić information content (AvgIpc) is 2.54. The molecule has 5 nitrogen and oxygen atoms in total. The zero-order chi connectivity index (χ0) is 16.9. The van der Waals surface area contributed by atoms with Crippen LogP contribution in [0.3, 0.4) is 0 Å². The number of ether oxygens (including phenoxy) is 1. The van der Waals surface area contributed by atoms with Gasteiger partial charge in [0.1, 0.15) is 5.75 Å². The molecule has 2 aromatic carbocycles. The van der Waals surface area contributed by atoms with E-state index in [1.54, 1.807) is 24.3 Å². The Balaban J connectivity index is 2.03. The number of nitrogens with one attached hydrogen (secondary N) is 1. The second-order valence-electron chi connectivity index (χ2n) is 5.29. The number of sulfonamides is 1. The minimum atomic E-state index is -3.53. The van der Waals surface area contributed by atoms with Crippen molar-refractivity contribution in [2.45, 2.75) is 18.4 Å². The molecule has 2 aromatic rings. The summed E-state index contributed by atoms with van der Waals surface area (Å²) in [6.07, 6.45) is 0. The van der Waals surface area contributed by atoms with Crippen LogP contribution in [0, 0.1) is 0 Å². The van der Waals surface area contributed by atoms with Crippen molar-refractivity contribution in [3.8, 4) is 5.75 Å². The maximum atomic E-state index is 12.3. The lowest BCUT2D eigenvalue weighted by Crippen LogP contribution is -2.23. The maximum absolute atomic E-state index is 12.3. The fraction of sp³-hybridized carbons (Fsp3) is 0.294. The Bertz CT molecular complexity index is 723. The van der Waals surface area contributed by atoms with Crippen LogP contribution in [0.15, 0.2) is 53.4 Å². The van der Waals surface area contributed by atoms with Crippen LogP contribution in [0.2, 0.25) is 0 Å². The van der Waals surface area contributed by atoms with Crippen molar-refractivity contribution in [3.63, 3.8) is 0 Å². The molecule has 0 aliphatic carbocycles. The molecule has 0 aromatic heterocycles. The zero-order valence-corrected chi connectivity index (χ0v) is 14.4. The molecule has 0 heterocycles. The molecule has 0 saturated carbocycles. The molecule has 2 rings (SSSR count). The van der Waals surface area contributed by atoms with Crippen molar-refractivity contribution in [1.29, 1.82) is 0 Å². The molecule has 124 valence electrons. The fourth-order valence-corrected chi connectivity index (χ4v) is 3.07. The molecule has 1 N–H and O–H groups in total. The Morgan fingerprint density at radius 3 is 2.13 bits per heavy atom. The molecule has 0 aliphatic heterocycles. The third-order valence-corrected chi connectivity index (χ3v) is 4.78. The Morgan fingerprint density at radius 1 is 1.00 bits per heavy atom. The molecule has 0 radical (unpaired) electrons. The van der Waals surface area contributed by atoms with E-state index in [-0.39, 0.29) is 11.4 Å². The van der Waals surface area contributed by atoms with Crippen LogP contribution in [0.1, 0.15) is 12.5 Å². The van der Waals surface area contributed by atoms with Crippen molar-refractivity contribution >= 4 is 15.7 Å². The molecule has 0 bridgehead atoms. The van der Waals surface area contributed by atoms with E-state index >= 15 is 0 Å². The second kappa shape index (κ2) is 7.48. The van der Waals surface area contributed by atoms with Gasteiger partial charge < -0.3 is 9.64 Å². The lowest BCUT2D eigenvalue weighted by Gasteiger charge is -2.13. The normalized spacial score (nSPS) is 11.3. The zero-order valence-electron chi connectivity index (χ0n) is 13.6. The first-order chi connectivity index (χ1) is 10.9. The van der Waals surface area contributed by atoms with Gasteiger partial charge in [-0.05, 0) is 48.9 Å². The molecule has 0 saturated heterocycles. The van der Waals surface area contributed by atoms with Crippen molar-refractivity contribution in [1.82, 2.24) is 4.72 Å². The fourth-order valence-electron chi connectivity index (χ4n) is 2.06. The summed E-state index contributed by atoms with van der Waals surface area (Å²) in [5.74, 6) is 0.658. The third-order valence-electron chi connectivity index (χ3n) is 3.36. The number of hydrogen-bond donors (Lipinski definition) is 1. The van der Waals surface area contributed by atoms with E-state index < -0.39 is 10.0 Å². The standard InChI is InChI=1S/C17H22N2O3S/c1-4-22-16-9-11-17(12-10-16)23(20,21)18-13-14-5-7-15(8-6-14)19(2)3/h5-12,18H,4,13H2,1-3H3. The van der Waals surface area contributed by atoms with Crippen molar-refractivity contribution in [3.05, 3.63) is 54.1 Å². The first-order valence-electron chi connectivity index (χ1n) is 7.41. The number of anilines is 1. The summed E-state index contributed by atoms with van der Waals surface area (Å²) in [6.45, 7) is 2.68. The largest absolute Gasteiger partial charge is 0.494 e. The quantitative estimate of drug-likeness (QED) is 0.846. The summed E-state index contributed by atoms with van der Waals surface area (Å²) >= 11 is 0. The van der Waals surface area contributed by atoms with E-state index in [2.05, 4.69) is 4.72 Å². The first-order valence-corrected chi connectivity index (χ1v) is 8.89. The smallest absolute Gasteiger partial charge is 0.240 e. The molecule has 0 fully saturated rings. The van der Waals surface area contributed by atoms with Gasteiger partial charge in [0.2, 0.25) is 10.0 Å². The van der Waals surface area contributed by atoms with Gasteiger partial charge in [-0.2, -0.15) is 0 Å². The summed E-state index contributed by atoms with van der Waals surface area (Å²) in [4.78, 5) is 2.22. The minimum Gasteiger partial charge on any atom is -0.494 e. The topological polar surface area (TPSA) is 58.6 Å². The molecule has 0 spiro atoms. The van der Waals surface area contributed by atoms with Crippen molar-refractivity contribution < 1.29 is 13.2 Å². The molecule has 0 unspecified atom stereocenters. The van der Waals surface area contributed by atoms with Gasteiger partial charge in [0.25, 0.3) is 0 Å². The predicted molar refractivity (Wildman–Crippen MR) is 92.4 cm³/mol. The summed E-state index contributed by atoms with van der Waals surface area (Å²) in [7, 11) is 0.391. The van der Waals surface area contributed by atoms with Gasteiger partial charge in [-0.3, -0.25) is 0 Å². The van der Waals surface area contributed by atoms with Gasteiger partial charge in [-0.25, -0.2) is 13.1 Å². The van der Waals surface area contributed by atoms with E-state index in [4.69, 9.17) is 4.74 Å². The molecule has 23 heavy (non-hydrogen) atoms. The Morgan fingerprint density at radius 2 is 1.61 bits per heavy atom. The second-order valence-corrected chi connectivity index (χ2v) is 7.06. The first kappa shape index (κ1) is 17.3. The van der Waals surface area contributed by atoms with E-state index in [9.17, 15) is 8.42 Å². The van der Waals surface area contributed by atoms with Gasteiger partial charge in [-0.1, -0.05) is 12.1 Å². The van der Waals surface area contributed by atoms with Crippen molar-refractivity contribution in [2.75, 3.05) is 25.6 Å². The summed E-state index contributed by atoms with van der Waals surface area (Å²) < 4.78 is 32.5. The monoisotopic (exact) mass is 334 g/mol. The SMILES string of the molecule is CCOc1ccc(S(=O)(=O)NCc2ccc(N(C)C)cc2)cc1. The Hall–Kier alpha value is -2.05. The molecular formula is C17H22N2O3S. The van der Waals surface area contributed by atoms with Crippen LogP contribution >= 0.6 is 0 Å². The van der Waals surface area contributed by atoms with Gasteiger partial charge in [0.05, 0.1) is 11.5 Å². The van der Waals surface area contributed by atoms with Crippen LogP contribution in [-0.4, -0.2) is 29.1 Å². The van der Waals surface area contributed by atoms with Crippen LogP contribution in [0.4, 0.5) is 5.69 Å². The van der Waals surface area contributed by atoms with E-state index in [0.717, 1.165) is 11.3 Å². The van der Waals surface area contributed by atoms with Gasteiger partial charge in [0, 0.05) is 26.3 Å². The molecule has 0 amide bonds. The van der Waals surface area contributed by atoms with Gasteiger partial charge >= 0.3 is 0 Å². The third kappa shape index (κ3) is 4.71. The highest BCUT2D eigenvalue weighted by Crippen LogP contribution is 2.17. The molecule has 0 atom stereocenters. The van der Waals surface area contributed by atoms with Crippen LogP contribution in [-0.2, 0) is 16.6 Å². The number of benzene rings is 2. The highest BCUT2D eigenvalue weighted by molar-refractivity contribution is 7.89. The van der Waals surface area contributed by atoms with Crippen LogP contribution in [0.25, 0.3) is 0 Å². The summed E-state index contributed by atoms with van der Waals surface area (Å²) in [5.41, 5.74) is 1.98. The highest BCUT2D eigenvalue weighted by Gasteiger charge is 2.13. The molecule has 0 aliphatic rings. The maximum Gasteiger partial charge on any atom is 0.240 e. The van der Waals surface area contributed by atoms with Crippen LogP contribution in [0.5, 0.6) is 5.75 Å². The Labute approximate surface area is 137 Å². The highest BCUT2D eigenvalue weighted by atomic mass is 32.2. The summed E-state index contributed by atoms with van der Waals surface area (Å²) in [6, 6.07) is 14.1. The van der Waals surface area contributed by atoms with Gasteiger partial charge in [-0.15, -0.1) is 0 Å². The van der Waals surface area contributed by atoms with Crippen LogP contribution < -0.4 is 14.4 Å². The number of hydrogen-bond acceptors (Lipinski definition) is 4. The molecular weight excluding hydrogens is 312 g/mol. The van der Waals surface area contributed by atoms with Gasteiger partial charge in [0.15, 0.2) is 0 Å². The molecule has 6 heteroatoms. The van der Waals surface area contributed by atoms with E-state index in [0.29, 0.717) is 12.4 Å². The van der Waals surface area contributed by atoms with Crippen molar-refractivity contribution in [2.24, 2.45) is 0 Å². The predicted octanol–water partition coefficient (Wildman–Crippen LogP) is 2.63. The minimum absolute atomic E-state index is 0.228. The average molecular weight is 334 g/mol.